The fourth-order valence-corrected chi connectivity index (χ4v) is 4.57. The van der Waals surface area contributed by atoms with Crippen molar-refractivity contribution in [3.8, 4) is 11.3 Å². The Hall–Kier alpha value is -2.93. The van der Waals surface area contributed by atoms with E-state index >= 15 is 4.39 Å². The summed E-state index contributed by atoms with van der Waals surface area (Å²) >= 11 is 0. The lowest BCUT2D eigenvalue weighted by atomic mass is 9.92. The molecule has 1 aromatic carbocycles. The summed E-state index contributed by atoms with van der Waals surface area (Å²) in [6, 6.07) is 7.32. The van der Waals surface area contributed by atoms with Crippen molar-refractivity contribution in [1.82, 2.24) is 29.7 Å². The second-order valence-electron chi connectivity index (χ2n) is 8.43. The average Bonchev–Trinajstić information content (AvgIpc) is 3.18. The van der Waals surface area contributed by atoms with Crippen molar-refractivity contribution in [2.45, 2.75) is 46.0 Å². The van der Waals surface area contributed by atoms with E-state index in [1.807, 2.05) is 31.3 Å². The monoisotopic (exact) mass is 418 g/mol. The van der Waals surface area contributed by atoms with Crippen molar-refractivity contribution < 1.29 is 4.39 Å². The zero-order valence-corrected chi connectivity index (χ0v) is 18.3. The molecule has 0 atom stereocenters. The minimum atomic E-state index is -0.281. The molecule has 31 heavy (non-hydrogen) atoms. The van der Waals surface area contributed by atoms with Gasteiger partial charge in [0, 0.05) is 16.9 Å². The van der Waals surface area contributed by atoms with Crippen molar-refractivity contribution in [3.05, 3.63) is 53.2 Å². The van der Waals surface area contributed by atoms with Gasteiger partial charge in [0.25, 0.3) is 0 Å². The van der Waals surface area contributed by atoms with Gasteiger partial charge in [-0.15, -0.1) is 0 Å². The Morgan fingerprint density at radius 1 is 1.06 bits per heavy atom. The number of aryl methyl sites for hydroxylation is 2. The van der Waals surface area contributed by atoms with E-state index in [1.54, 1.807) is 10.6 Å². The molecule has 5 rings (SSSR count). The number of piperidine rings is 1. The van der Waals surface area contributed by atoms with Crippen LogP contribution in [0.15, 0.2) is 30.5 Å². The highest BCUT2D eigenvalue weighted by atomic mass is 19.1. The van der Waals surface area contributed by atoms with Gasteiger partial charge in [0.15, 0.2) is 5.65 Å². The maximum atomic E-state index is 15.2. The third kappa shape index (κ3) is 3.67. The van der Waals surface area contributed by atoms with Gasteiger partial charge in [0.1, 0.15) is 5.82 Å². The number of hydrogen-bond acceptors (Lipinski definition) is 5. The van der Waals surface area contributed by atoms with Gasteiger partial charge < -0.3 is 4.90 Å². The smallest absolute Gasteiger partial charge is 0.156 e. The van der Waals surface area contributed by atoms with Crippen LogP contribution >= 0.6 is 0 Å². The molecule has 0 aliphatic carbocycles. The predicted molar refractivity (Wildman–Crippen MR) is 120 cm³/mol. The van der Waals surface area contributed by atoms with E-state index in [4.69, 9.17) is 0 Å². The Labute approximate surface area is 181 Å². The number of halogens is 1. The van der Waals surface area contributed by atoms with Gasteiger partial charge in [0.2, 0.25) is 0 Å². The summed E-state index contributed by atoms with van der Waals surface area (Å²) in [7, 11) is 0. The number of nitrogens with zero attached hydrogens (tertiary/aromatic N) is 6. The van der Waals surface area contributed by atoms with E-state index < -0.39 is 0 Å². The minimum Gasteiger partial charge on any atom is -0.304 e. The summed E-state index contributed by atoms with van der Waals surface area (Å²) in [6.07, 6.45) is 4.81. The van der Waals surface area contributed by atoms with Crippen molar-refractivity contribution in [2.24, 2.45) is 0 Å². The standard InChI is InChI=1S/C24H27FN6/c1-4-16-11-22(29-31-14-15(3)26-24(16)31)18-10-20(25)19-13-21(27-28-23(19)12-18)17-6-8-30(5-2)9-7-17/h10-14,17H,4-9H2,1-3H3. The molecule has 4 aromatic rings. The van der Waals surface area contributed by atoms with E-state index in [0.29, 0.717) is 28.1 Å². The first-order chi connectivity index (χ1) is 15.1. The predicted octanol–water partition coefficient (Wildman–Crippen LogP) is 4.55. The number of fused-ring (bicyclic) bond motifs is 2. The van der Waals surface area contributed by atoms with E-state index in [-0.39, 0.29) is 5.82 Å². The second-order valence-corrected chi connectivity index (χ2v) is 8.43. The molecule has 0 spiro atoms. The van der Waals surface area contributed by atoms with Crippen LogP contribution in [0.3, 0.4) is 0 Å². The highest BCUT2D eigenvalue weighted by molar-refractivity contribution is 5.84. The molecule has 0 bridgehead atoms. The van der Waals surface area contributed by atoms with E-state index in [9.17, 15) is 0 Å². The van der Waals surface area contributed by atoms with Gasteiger partial charge in [-0.05, 0) is 75.6 Å². The van der Waals surface area contributed by atoms with Crippen molar-refractivity contribution >= 4 is 16.6 Å². The average molecular weight is 419 g/mol. The van der Waals surface area contributed by atoms with Gasteiger partial charge in [-0.2, -0.15) is 15.3 Å². The third-order valence-electron chi connectivity index (χ3n) is 6.42. The van der Waals surface area contributed by atoms with Gasteiger partial charge >= 0.3 is 0 Å². The Bertz CT molecular complexity index is 1260. The van der Waals surface area contributed by atoms with Crippen LogP contribution in [0.4, 0.5) is 4.39 Å². The van der Waals surface area contributed by atoms with Crippen molar-refractivity contribution in [1.29, 1.82) is 0 Å². The molecule has 0 amide bonds. The number of rotatable bonds is 4. The van der Waals surface area contributed by atoms with E-state index in [0.717, 1.165) is 61.5 Å². The molecule has 0 unspecified atom stereocenters. The molecular weight excluding hydrogens is 391 g/mol. The van der Waals surface area contributed by atoms with Crippen molar-refractivity contribution in [2.75, 3.05) is 19.6 Å². The maximum absolute atomic E-state index is 15.2. The number of likely N-dealkylation sites (tertiary alicyclic amines) is 1. The molecule has 0 N–H and O–H groups in total. The molecular formula is C24H27FN6. The summed E-state index contributed by atoms with van der Waals surface area (Å²) < 4.78 is 17.0. The molecule has 0 radical (unpaired) electrons. The van der Waals surface area contributed by atoms with E-state index in [1.165, 1.54) is 0 Å². The molecule has 1 aliphatic heterocycles. The molecule has 1 fully saturated rings. The molecule has 1 aliphatic rings. The van der Waals surface area contributed by atoms with E-state index in [2.05, 4.69) is 39.0 Å². The molecule has 0 saturated carbocycles. The summed E-state index contributed by atoms with van der Waals surface area (Å²) in [6.45, 7) is 9.41. The van der Waals surface area contributed by atoms with Gasteiger partial charge in [-0.25, -0.2) is 13.9 Å². The van der Waals surface area contributed by atoms with Crippen LogP contribution in [0.5, 0.6) is 0 Å². The fraction of sp³-hybridized carbons (Fsp3) is 0.417. The third-order valence-corrected chi connectivity index (χ3v) is 6.42. The molecule has 160 valence electrons. The normalized spacial score (nSPS) is 15.9. The lowest BCUT2D eigenvalue weighted by Crippen LogP contribution is -2.32. The maximum Gasteiger partial charge on any atom is 0.156 e. The Morgan fingerprint density at radius 3 is 2.61 bits per heavy atom. The largest absolute Gasteiger partial charge is 0.304 e. The van der Waals surface area contributed by atoms with Crippen LogP contribution in [-0.4, -0.2) is 49.3 Å². The number of hydrogen-bond donors (Lipinski definition) is 0. The van der Waals surface area contributed by atoms with Crippen LogP contribution in [0.1, 0.15) is 49.6 Å². The zero-order valence-electron chi connectivity index (χ0n) is 18.3. The number of benzene rings is 1. The molecule has 3 aromatic heterocycles. The lowest BCUT2D eigenvalue weighted by molar-refractivity contribution is 0.220. The summed E-state index contributed by atoms with van der Waals surface area (Å²) in [5.74, 6) is 0.0656. The molecule has 7 heteroatoms. The lowest BCUT2D eigenvalue weighted by Gasteiger charge is -2.30. The first-order valence-electron chi connectivity index (χ1n) is 11.1. The van der Waals surface area contributed by atoms with Crippen LogP contribution in [-0.2, 0) is 6.42 Å². The minimum absolute atomic E-state index is 0.281. The Kier molecular flexibility index (Phi) is 5.14. The van der Waals surface area contributed by atoms with Gasteiger partial charge in [0.05, 0.1) is 28.8 Å². The summed E-state index contributed by atoms with van der Waals surface area (Å²) in [5, 5.41) is 14.1. The van der Waals surface area contributed by atoms with Crippen LogP contribution in [0.25, 0.3) is 27.8 Å². The Morgan fingerprint density at radius 2 is 1.87 bits per heavy atom. The fourth-order valence-electron chi connectivity index (χ4n) is 4.57. The first-order valence-corrected chi connectivity index (χ1v) is 11.1. The van der Waals surface area contributed by atoms with Crippen LogP contribution in [0, 0.1) is 12.7 Å². The molecule has 1 saturated heterocycles. The molecule has 6 nitrogen and oxygen atoms in total. The quantitative estimate of drug-likeness (QED) is 0.487. The number of aromatic nitrogens is 5. The Balaban J connectivity index is 1.52. The highest BCUT2D eigenvalue weighted by Gasteiger charge is 2.22. The molecule has 4 heterocycles. The zero-order chi connectivity index (χ0) is 21.5. The van der Waals surface area contributed by atoms with Gasteiger partial charge in [-0.3, -0.25) is 0 Å². The highest BCUT2D eigenvalue weighted by Crippen LogP contribution is 2.31. The van der Waals surface area contributed by atoms with Gasteiger partial charge in [-0.1, -0.05) is 13.8 Å². The SMILES string of the molecule is CCc1cc(-c2cc(F)c3cc(C4CCN(CC)CC4)nnc3c2)nn2cc(C)nc12. The van der Waals surface area contributed by atoms with Crippen LogP contribution in [0.2, 0.25) is 0 Å². The first kappa shape index (κ1) is 20.0. The van der Waals surface area contributed by atoms with Crippen LogP contribution < -0.4 is 0 Å². The summed E-state index contributed by atoms with van der Waals surface area (Å²) in [5.41, 5.74) is 5.71. The second kappa shape index (κ2) is 7.96. The van der Waals surface area contributed by atoms with Crippen molar-refractivity contribution in [3.63, 3.8) is 0 Å². The summed E-state index contributed by atoms with van der Waals surface area (Å²) in [4.78, 5) is 6.99. The number of imidazole rings is 1. The topological polar surface area (TPSA) is 59.2 Å².